The number of carbonyl (C=O) groups is 1. The molecular formula is C21H27N2O10P. The van der Waals surface area contributed by atoms with Crippen LogP contribution < -0.4 is 11.2 Å². The normalized spacial score (nSPS) is 34.3. The van der Waals surface area contributed by atoms with E-state index in [1.807, 2.05) is 4.98 Å². The summed E-state index contributed by atoms with van der Waals surface area (Å²) in [7, 11) is -4.16. The van der Waals surface area contributed by atoms with Crippen molar-refractivity contribution in [3.05, 3.63) is 33.1 Å². The molecule has 1 aliphatic carbocycles. The lowest BCUT2D eigenvalue weighted by atomic mass is 9.95. The van der Waals surface area contributed by atoms with Crippen molar-refractivity contribution < 1.29 is 37.5 Å². The number of esters is 1. The van der Waals surface area contributed by atoms with Gasteiger partial charge in [0.05, 0.1) is 19.1 Å². The van der Waals surface area contributed by atoms with E-state index in [-0.39, 0.29) is 31.7 Å². The first kappa shape index (κ1) is 24.9. The van der Waals surface area contributed by atoms with Gasteiger partial charge in [0.25, 0.3) is 5.56 Å². The van der Waals surface area contributed by atoms with E-state index in [2.05, 4.69) is 5.92 Å². The Bertz CT molecular complexity index is 1120. The van der Waals surface area contributed by atoms with Gasteiger partial charge in [-0.1, -0.05) is 12.8 Å². The molecule has 3 heterocycles. The maximum atomic E-state index is 13.0. The molecule has 6 atom stereocenters. The van der Waals surface area contributed by atoms with Crippen molar-refractivity contribution in [1.29, 1.82) is 0 Å². The highest BCUT2D eigenvalue weighted by molar-refractivity contribution is 7.48. The molecule has 4 rings (SSSR count). The zero-order valence-corrected chi connectivity index (χ0v) is 19.5. The number of phosphoric ester groups is 1. The van der Waals surface area contributed by atoms with Crippen LogP contribution in [0.25, 0.3) is 0 Å². The Morgan fingerprint density at radius 1 is 1.44 bits per heavy atom. The predicted octanol–water partition coefficient (Wildman–Crippen LogP) is 0.850. The van der Waals surface area contributed by atoms with Crippen LogP contribution in [0.1, 0.15) is 45.3 Å². The Morgan fingerprint density at radius 3 is 2.85 bits per heavy atom. The fourth-order valence-electron chi connectivity index (χ4n) is 4.23. The van der Waals surface area contributed by atoms with Crippen LogP contribution in [0.2, 0.25) is 0 Å². The number of phosphoric acid groups is 1. The van der Waals surface area contributed by atoms with Gasteiger partial charge in [0.1, 0.15) is 18.3 Å². The maximum Gasteiger partial charge on any atom is 0.475 e. The van der Waals surface area contributed by atoms with Crippen molar-refractivity contribution in [2.75, 3.05) is 13.2 Å². The van der Waals surface area contributed by atoms with Gasteiger partial charge in [0.15, 0.2) is 11.8 Å². The molecule has 2 saturated heterocycles. The van der Waals surface area contributed by atoms with Gasteiger partial charge in [-0.25, -0.2) is 9.36 Å². The monoisotopic (exact) mass is 498 g/mol. The number of rotatable bonds is 7. The number of nitrogens with zero attached hydrogens (tertiary/aromatic N) is 1. The Labute approximate surface area is 195 Å². The minimum atomic E-state index is -4.16. The van der Waals surface area contributed by atoms with Crippen LogP contribution >= 0.6 is 7.82 Å². The summed E-state index contributed by atoms with van der Waals surface area (Å²) in [6.45, 7) is 1.26. The highest BCUT2D eigenvalue weighted by Gasteiger charge is 2.62. The molecule has 2 aliphatic heterocycles. The minimum Gasteiger partial charge on any atom is -0.462 e. The molecule has 0 radical (unpaired) electrons. The van der Waals surface area contributed by atoms with Gasteiger partial charge in [-0.2, -0.15) is 0 Å². The first-order valence-corrected chi connectivity index (χ1v) is 12.6. The summed E-state index contributed by atoms with van der Waals surface area (Å²) in [5.41, 5.74) is -3.71. The Balaban J connectivity index is 1.38. The molecule has 1 saturated carbocycles. The van der Waals surface area contributed by atoms with Gasteiger partial charge >= 0.3 is 19.5 Å². The van der Waals surface area contributed by atoms with Crippen LogP contribution in [0.4, 0.5) is 0 Å². The van der Waals surface area contributed by atoms with Crippen LogP contribution in [0.3, 0.4) is 0 Å². The molecule has 186 valence electrons. The first-order valence-electron chi connectivity index (χ1n) is 11.1. The summed E-state index contributed by atoms with van der Waals surface area (Å²) in [6, 6.07) is 1.06. The number of aliphatic hydroxyl groups is 1. The predicted molar refractivity (Wildman–Crippen MR) is 116 cm³/mol. The van der Waals surface area contributed by atoms with E-state index in [1.165, 1.54) is 0 Å². The molecule has 0 spiro atoms. The SMILES string of the molecule is C#C[C@@]1(O)[C@@H]2O[P@](=O)(OCC[C@H](C)C(=O)OC3CCCC3)OC[C@H]2O[C@H]1n1ccc(=O)[nH]c1=O. The molecule has 13 heteroatoms. The van der Waals surface area contributed by atoms with E-state index < -0.39 is 49.0 Å². The average molecular weight is 498 g/mol. The van der Waals surface area contributed by atoms with E-state index in [4.69, 9.17) is 29.5 Å². The molecule has 0 unspecified atom stereocenters. The molecule has 0 aromatic carbocycles. The van der Waals surface area contributed by atoms with Gasteiger partial charge in [-0.3, -0.25) is 32.7 Å². The summed E-state index contributed by atoms with van der Waals surface area (Å²) in [5, 5.41) is 11.1. The molecule has 34 heavy (non-hydrogen) atoms. The quantitative estimate of drug-likeness (QED) is 0.314. The fourth-order valence-corrected chi connectivity index (χ4v) is 5.66. The van der Waals surface area contributed by atoms with Crippen molar-refractivity contribution in [1.82, 2.24) is 9.55 Å². The fraction of sp³-hybridized carbons (Fsp3) is 0.667. The van der Waals surface area contributed by atoms with Gasteiger partial charge in [0.2, 0.25) is 0 Å². The number of hydrogen-bond donors (Lipinski definition) is 2. The zero-order chi connectivity index (χ0) is 24.5. The lowest BCUT2D eigenvalue weighted by molar-refractivity contribution is -0.153. The Morgan fingerprint density at radius 2 is 2.18 bits per heavy atom. The van der Waals surface area contributed by atoms with E-state index in [0.29, 0.717) is 0 Å². The lowest BCUT2D eigenvalue weighted by Crippen LogP contribution is -2.50. The van der Waals surface area contributed by atoms with Crippen molar-refractivity contribution in [2.45, 2.75) is 69.2 Å². The largest absolute Gasteiger partial charge is 0.475 e. The zero-order valence-electron chi connectivity index (χ0n) is 18.6. The van der Waals surface area contributed by atoms with Gasteiger partial charge < -0.3 is 14.6 Å². The van der Waals surface area contributed by atoms with Crippen LogP contribution in [0, 0.1) is 18.3 Å². The number of aromatic amines is 1. The van der Waals surface area contributed by atoms with Crippen LogP contribution in [-0.4, -0.2) is 57.8 Å². The number of terminal acetylenes is 1. The van der Waals surface area contributed by atoms with E-state index >= 15 is 0 Å². The molecular weight excluding hydrogens is 471 g/mol. The number of aromatic nitrogens is 2. The van der Waals surface area contributed by atoms with Crippen molar-refractivity contribution >= 4 is 13.8 Å². The summed E-state index contributed by atoms with van der Waals surface area (Å²) in [4.78, 5) is 37.8. The summed E-state index contributed by atoms with van der Waals surface area (Å²) in [5.74, 6) is 1.32. The highest BCUT2D eigenvalue weighted by atomic mass is 31.2. The lowest BCUT2D eigenvalue weighted by Gasteiger charge is -2.34. The van der Waals surface area contributed by atoms with Gasteiger partial charge in [-0.15, -0.1) is 6.42 Å². The average Bonchev–Trinajstić information content (AvgIpc) is 3.40. The van der Waals surface area contributed by atoms with Crippen LogP contribution in [0.15, 0.2) is 21.9 Å². The van der Waals surface area contributed by atoms with Crippen molar-refractivity contribution in [2.24, 2.45) is 5.92 Å². The van der Waals surface area contributed by atoms with E-state index in [0.717, 1.165) is 42.5 Å². The van der Waals surface area contributed by atoms with Crippen molar-refractivity contribution in [3.8, 4) is 12.3 Å². The molecule has 0 amide bonds. The molecule has 1 aromatic heterocycles. The standard InChI is InChI=1S/C21H27N2O10P/c1-3-21(27)17-15(32-19(21)23-10-8-16(24)22-20(23)26)12-30-34(28,33-17)29-11-9-13(2)18(25)31-14-6-4-5-7-14/h1,8,10,13-15,17,19,27H,4-7,9,11-12H2,2H3,(H,22,24,26)/t13-,15+,17+,19+,21+,34+/m0/s1. The van der Waals surface area contributed by atoms with Gasteiger partial charge in [0, 0.05) is 12.3 Å². The highest BCUT2D eigenvalue weighted by Crippen LogP contribution is 2.58. The molecule has 3 aliphatic rings. The molecule has 12 nitrogen and oxygen atoms in total. The third-order valence-corrected chi connectivity index (χ3v) is 7.66. The smallest absolute Gasteiger partial charge is 0.462 e. The number of carbonyl (C=O) groups excluding carboxylic acids is 1. The maximum absolute atomic E-state index is 13.0. The third kappa shape index (κ3) is 4.91. The molecule has 2 N–H and O–H groups in total. The Kier molecular flexibility index (Phi) is 7.14. The van der Waals surface area contributed by atoms with E-state index in [1.54, 1.807) is 6.92 Å². The number of H-pyrrole nitrogens is 1. The number of nitrogens with one attached hydrogen (secondary N) is 1. The Hall–Kier alpha value is -2.26. The second kappa shape index (κ2) is 9.77. The second-order valence-corrected chi connectivity index (χ2v) is 10.3. The first-order chi connectivity index (χ1) is 16.1. The van der Waals surface area contributed by atoms with Crippen LogP contribution in [-0.2, 0) is 32.4 Å². The van der Waals surface area contributed by atoms with E-state index in [9.17, 15) is 24.1 Å². The number of fused-ring (bicyclic) bond motifs is 1. The second-order valence-electron chi connectivity index (χ2n) is 8.65. The summed E-state index contributed by atoms with van der Waals surface area (Å²) in [6.07, 6.45) is 6.89. The summed E-state index contributed by atoms with van der Waals surface area (Å²) >= 11 is 0. The number of hydrogen-bond acceptors (Lipinski definition) is 10. The molecule has 0 bridgehead atoms. The van der Waals surface area contributed by atoms with Crippen LogP contribution in [0.5, 0.6) is 0 Å². The molecule has 3 fully saturated rings. The topological polar surface area (TPSA) is 155 Å². The summed E-state index contributed by atoms with van der Waals surface area (Å²) < 4.78 is 41.1. The minimum absolute atomic E-state index is 0.0529. The molecule has 1 aromatic rings. The third-order valence-electron chi connectivity index (χ3n) is 6.21. The van der Waals surface area contributed by atoms with Crippen molar-refractivity contribution in [3.63, 3.8) is 0 Å². The number of ether oxygens (including phenoxy) is 2. The van der Waals surface area contributed by atoms with Gasteiger partial charge in [-0.05, 0) is 32.1 Å².